The summed E-state index contributed by atoms with van der Waals surface area (Å²) in [4.78, 5) is 18.2. The minimum atomic E-state index is -1.06. The molecular formula is C24H33F2N3O6S. The number of nitrogens with zero attached hydrogens (tertiary/aromatic N) is 2. The molecule has 0 radical (unpaired) electrons. The number of thiazole rings is 1. The number of carbonyl (C=O) groups is 1. The van der Waals surface area contributed by atoms with E-state index in [9.17, 15) is 13.6 Å². The molecule has 200 valence electrons. The molecule has 0 saturated carbocycles. The van der Waals surface area contributed by atoms with Crippen LogP contribution in [0.3, 0.4) is 0 Å². The van der Waals surface area contributed by atoms with Gasteiger partial charge in [-0.05, 0) is 32.9 Å². The minimum Gasteiger partial charge on any atom is -0.487 e. The van der Waals surface area contributed by atoms with Crippen molar-refractivity contribution in [3.63, 3.8) is 0 Å². The second-order valence-electron chi connectivity index (χ2n) is 8.85. The standard InChI is InChI=1S/C24H33F2N3O6S/c1-24(2,3)35-23(30)27-6-9-31-12-13-33-14-15-34-21-17(4-5-18(25)20(21)26)19-16-36-22(28-19)29-7-10-32-11-8-29/h4-5,16H,6-15H2,1-3H3,(H,27,30). The second kappa shape index (κ2) is 13.7. The third kappa shape index (κ3) is 8.84. The van der Waals surface area contributed by atoms with Crippen LogP contribution in [0.5, 0.6) is 5.75 Å². The number of carbonyl (C=O) groups excluding carboxylic acids is 1. The Bertz CT molecular complexity index is 979. The molecule has 0 spiro atoms. The van der Waals surface area contributed by atoms with Gasteiger partial charge in [0.2, 0.25) is 5.82 Å². The van der Waals surface area contributed by atoms with Crippen LogP contribution in [-0.2, 0) is 18.9 Å². The third-order valence-corrected chi connectivity index (χ3v) is 5.76. The summed E-state index contributed by atoms with van der Waals surface area (Å²) >= 11 is 1.44. The third-order valence-electron chi connectivity index (χ3n) is 4.86. The summed E-state index contributed by atoms with van der Waals surface area (Å²) in [6.45, 7) is 9.45. The topological polar surface area (TPSA) is 91.4 Å². The fraction of sp³-hybridized carbons (Fsp3) is 0.583. The quantitative estimate of drug-likeness (QED) is 0.415. The lowest BCUT2D eigenvalue weighted by molar-refractivity contribution is 0.0324. The molecular weight excluding hydrogens is 496 g/mol. The second-order valence-corrected chi connectivity index (χ2v) is 9.69. The molecule has 3 rings (SSSR count). The molecule has 2 heterocycles. The fourth-order valence-electron chi connectivity index (χ4n) is 3.23. The van der Waals surface area contributed by atoms with E-state index < -0.39 is 23.3 Å². The van der Waals surface area contributed by atoms with E-state index in [4.69, 9.17) is 23.7 Å². The number of morpholine rings is 1. The van der Waals surface area contributed by atoms with Crippen LogP contribution in [0.25, 0.3) is 11.3 Å². The molecule has 0 bridgehead atoms. The van der Waals surface area contributed by atoms with E-state index in [1.807, 2.05) is 0 Å². The van der Waals surface area contributed by atoms with Gasteiger partial charge in [-0.1, -0.05) is 0 Å². The van der Waals surface area contributed by atoms with Crippen LogP contribution >= 0.6 is 11.3 Å². The summed E-state index contributed by atoms with van der Waals surface area (Å²) in [6.07, 6.45) is -0.501. The number of nitrogens with one attached hydrogen (secondary N) is 1. The van der Waals surface area contributed by atoms with Crippen molar-refractivity contribution >= 4 is 22.6 Å². The number of benzene rings is 1. The van der Waals surface area contributed by atoms with Gasteiger partial charge in [0.1, 0.15) is 12.2 Å². The molecule has 1 saturated heterocycles. The van der Waals surface area contributed by atoms with Gasteiger partial charge >= 0.3 is 6.09 Å². The molecule has 1 aliphatic heterocycles. The van der Waals surface area contributed by atoms with Crippen LogP contribution in [-0.4, -0.2) is 82.6 Å². The van der Waals surface area contributed by atoms with Crippen LogP contribution in [0.15, 0.2) is 17.5 Å². The maximum atomic E-state index is 14.6. The average molecular weight is 530 g/mol. The first-order valence-corrected chi connectivity index (χ1v) is 12.6. The normalized spacial score (nSPS) is 14.1. The summed E-state index contributed by atoms with van der Waals surface area (Å²) in [5, 5.41) is 5.19. The Morgan fingerprint density at radius 2 is 1.81 bits per heavy atom. The van der Waals surface area contributed by atoms with Crippen LogP contribution in [0.4, 0.5) is 18.7 Å². The lowest BCUT2D eigenvalue weighted by Crippen LogP contribution is -2.36. The fourth-order valence-corrected chi connectivity index (χ4v) is 4.11. The SMILES string of the molecule is CC(C)(C)OC(=O)NCCOCCOCCOc1c(-c2csc(N3CCOCC3)n2)ccc(F)c1F. The number of ether oxygens (including phenoxy) is 5. The molecule has 1 amide bonds. The molecule has 1 aliphatic rings. The van der Waals surface area contributed by atoms with Crippen molar-refractivity contribution in [2.24, 2.45) is 0 Å². The van der Waals surface area contributed by atoms with E-state index in [0.29, 0.717) is 44.2 Å². The Morgan fingerprint density at radius 1 is 1.11 bits per heavy atom. The zero-order chi connectivity index (χ0) is 26.0. The Morgan fingerprint density at radius 3 is 2.53 bits per heavy atom. The molecule has 36 heavy (non-hydrogen) atoms. The number of alkyl carbamates (subject to hydrolysis) is 1. The molecule has 12 heteroatoms. The first-order chi connectivity index (χ1) is 17.2. The number of amides is 1. The number of anilines is 1. The Labute approximate surface area is 213 Å². The van der Waals surface area contributed by atoms with E-state index in [1.54, 1.807) is 26.2 Å². The highest BCUT2D eigenvalue weighted by molar-refractivity contribution is 7.14. The number of rotatable bonds is 12. The predicted octanol–water partition coefficient (Wildman–Crippen LogP) is 3.86. The molecule has 0 unspecified atom stereocenters. The van der Waals surface area contributed by atoms with E-state index in [1.165, 1.54) is 17.4 Å². The predicted molar refractivity (Wildman–Crippen MR) is 132 cm³/mol. The van der Waals surface area contributed by atoms with Crippen molar-refractivity contribution in [3.05, 3.63) is 29.1 Å². The van der Waals surface area contributed by atoms with Gasteiger partial charge in [0.25, 0.3) is 0 Å². The van der Waals surface area contributed by atoms with Gasteiger partial charge in [-0.15, -0.1) is 11.3 Å². The highest BCUT2D eigenvalue weighted by Crippen LogP contribution is 2.36. The van der Waals surface area contributed by atoms with E-state index in [0.717, 1.165) is 24.3 Å². The first kappa shape index (κ1) is 28.0. The van der Waals surface area contributed by atoms with E-state index in [-0.39, 0.29) is 25.6 Å². The van der Waals surface area contributed by atoms with Gasteiger partial charge < -0.3 is 33.9 Å². The van der Waals surface area contributed by atoms with Gasteiger partial charge in [0.05, 0.1) is 45.3 Å². The zero-order valence-corrected chi connectivity index (χ0v) is 21.6. The lowest BCUT2D eigenvalue weighted by atomic mass is 10.1. The summed E-state index contributed by atoms with van der Waals surface area (Å²) in [7, 11) is 0. The van der Waals surface area contributed by atoms with Crippen molar-refractivity contribution in [2.75, 3.05) is 70.8 Å². The van der Waals surface area contributed by atoms with E-state index >= 15 is 0 Å². The number of halogens is 2. The largest absolute Gasteiger partial charge is 0.487 e. The van der Waals surface area contributed by atoms with Gasteiger partial charge in [0.15, 0.2) is 16.7 Å². The van der Waals surface area contributed by atoms with Crippen molar-refractivity contribution in [2.45, 2.75) is 26.4 Å². The van der Waals surface area contributed by atoms with Crippen molar-refractivity contribution in [1.29, 1.82) is 0 Å². The maximum absolute atomic E-state index is 14.6. The van der Waals surface area contributed by atoms with Gasteiger partial charge in [-0.25, -0.2) is 14.2 Å². The number of hydrogen-bond donors (Lipinski definition) is 1. The highest BCUT2D eigenvalue weighted by Gasteiger charge is 2.21. The van der Waals surface area contributed by atoms with Gasteiger partial charge in [-0.2, -0.15) is 4.39 Å². The lowest BCUT2D eigenvalue weighted by Gasteiger charge is -2.26. The smallest absolute Gasteiger partial charge is 0.407 e. The van der Waals surface area contributed by atoms with Crippen LogP contribution in [0.2, 0.25) is 0 Å². The average Bonchev–Trinajstić information content (AvgIpc) is 3.32. The monoisotopic (exact) mass is 529 g/mol. The Balaban J connectivity index is 1.39. The summed E-state index contributed by atoms with van der Waals surface area (Å²) in [5.74, 6) is -2.25. The van der Waals surface area contributed by atoms with E-state index in [2.05, 4.69) is 15.2 Å². The Kier molecular flexibility index (Phi) is 10.7. The summed E-state index contributed by atoms with van der Waals surface area (Å²) < 4.78 is 55.3. The number of aromatic nitrogens is 1. The molecule has 1 N–H and O–H groups in total. The van der Waals surface area contributed by atoms with Gasteiger partial charge in [0, 0.05) is 30.6 Å². The number of hydrogen-bond acceptors (Lipinski definition) is 9. The molecule has 1 aromatic heterocycles. The molecule has 0 aliphatic carbocycles. The first-order valence-electron chi connectivity index (χ1n) is 11.8. The van der Waals surface area contributed by atoms with Crippen molar-refractivity contribution in [3.8, 4) is 17.0 Å². The molecule has 1 aromatic carbocycles. The van der Waals surface area contributed by atoms with Crippen molar-refractivity contribution < 1.29 is 37.3 Å². The molecule has 9 nitrogen and oxygen atoms in total. The summed E-state index contributed by atoms with van der Waals surface area (Å²) in [5.41, 5.74) is 0.345. The molecule has 0 atom stereocenters. The molecule has 1 fully saturated rings. The van der Waals surface area contributed by atoms with Crippen LogP contribution in [0.1, 0.15) is 20.8 Å². The minimum absolute atomic E-state index is 0.0219. The highest BCUT2D eigenvalue weighted by atomic mass is 32.1. The molecule has 2 aromatic rings. The van der Waals surface area contributed by atoms with Gasteiger partial charge in [-0.3, -0.25) is 0 Å². The van der Waals surface area contributed by atoms with Crippen LogP contribution < -0.4 is 15.0 Å². The Hall–Kier alpha value is -2.54. The zero-order valence-electron chi connectivity index (χ0n) is 20.8. The maximum Gasteiger partial charge on any atom is 0.407 e. The van der Waals surface area contributed by atoms with Crippen molar-refractivity contribution in [1.82, 2.24) is 10.3 Å². The van der Waals surface area contributed by atoms with Crippen LogP contribution in [0, 0.1) is 11.6 Å². The summed E-state index contributed by atoms with van der Waals surface area (Å²) in [6, 6.07) is 2.53.